The zero-order chi connectivity index (χ0) is 28.5. The molecular weight excluding hydrogens is 506 g/mol. The number of benzene rings is 4. The summed E-state index contributed by atoms with van der Waals surface area (Å²) < 4.78 is 19.9. The molecule has 41 heavy (non-hydrogen) atoms. The summed E-state index contributed by atoms with van der Waals surface area (Å²) >= 11 is 0. The molecule has 212 valence electrons. The Hall–Kier alpha value is -3.80. The minimum absolute atomic E-state index is 0.0834. The van der Waals surface area contributed by atoms with E-state index >= 15 is 0 Å². The Bertz CT molecular complexity index is 1260. The summed E-state index contributed by atoms with van der Waals surface area (Å²) in [5, 5.41) is 3.74. The first kappa shape index (κ1) is 30.2. The maximum atomic E-state index is 6.75. The van der Waals surface area contributed by atoms with Gasteiger partial charge in [0, 0.05) is 12.6 Å². The van der Waals surface area contributed by atoms with Gasteiger partial charge in [0.2, 0.25) is 0 Å². The lowest BCUT2D eigenvalue weighted by atomic mass is 9.96. The van der Waals surface area contributed by atoms with Gasteiger partial charge in [-0.1, -0.05) is 133 Å². The van der Waals surface area contributed by atoms with E-state index in [0.29, 0.717) is 32.8 Å². The second-order valence-corrected chi connectivity index (χ2v) is 10.0. The summed E-state index contributed by atoms with van der Waals surface area (Å²) in [7, 11) is 0. The molecule has 4 nitrogen and oxygen atoms in total. The van der Waals surface area contributed by atoms with Crippen LogP contribution in [0.3, 0.4) is 0 Å². The molecule has 4 rings (SSSR count). The normalized spacial score (nSPS) is 14.0. The van der Waals surface area contributed by atoms with E-state index in [1.165, 1.54) is 5.56 Å². The van der Waals surface area contributed by atoms with Gasteiger partial charge in [0.05, 0.1) is 19.8 Å². The predicted molar refractivity (Wildman–Crippen MR) is 167 cm³/mol. The van der Waals surface area contributed by atoms with Crippen molar-refractivity contribution in [2.45, 2.75) is 57.1 Å². The lowest BCUT2D eigenvalue weighted by molar-refractivity contribution is -0.147. The second kappa shape index (κ2) is 17.1. The van der Waals surface area contributed by atoms with E-state index in [0.717, 1.165) is 16.7 Å². The van der Waals surface area contributed by atoms with Crippen LogP contribution in [0.15, 0.2) is 147 Å². The molecule has 4 atom stereocenters. The fourth-order valence-corrected chi connectivity index (χ4v) is 4.77. The standard InChI is InChI=1S/C37H41NO3/c1-3-17-34(38-26-30-18-9-5-10-19-30)36(40-28-32-22-13-7-14-23-32)37(41-29-33-24-15-8-16-25-33)35(4-2)39-27-31-20-11-6-12-21-31/h3-16,18-25,34-38H,1-2,17,26-29H2/t34?,35-,36+,37+/m1/s1. The molecule has 0 spiro atoms. The van der Waals surface area contributed by atoms with Crippen LogP contribution in [0.2, 0.25) is 0 Å². The van der Waals surface area contributed by atoms with Crippen LogP contribution in [0.5, 0.6) is 0 Å². The smallest absolute Gasteiger partial charge is 0.115 e. The number of ether oxygens (including phenoxy) is 3. The summed E-state index contributed by atoms with van der Waals surface area (Å²) in [6, 6.07) is 40.9. The largest absolute Gasteiger partial charge is 0.369 e. The van der Waals surface area contributed by atoms with E-state index in [2.05, 4.69) is 79.1 Å². The summed E-state index contributed by atoms with van der Waals surface area (Å²) in [6.07, 6.45) is 3.25. The molecule has 0 aliphatic carbocycles. The minimum Gasteiger partial charge on any atom is -0.369 e. The zero-order valence-electron chi connectivity index (χ0n) is 23.7. The molecule has 0 aliphatic heterocycles. The molecule has 1 N–H and O–H groups in total. The van der Waals surface area contributed by atoms with Crippen molar-refractivity contribution in [3.05, 3.63) is 169 Å². The molecule has 4 heteroatoms. The van der Waals surface area contributed by atoms with E-state index < -0.39 is 12.2 Å². The highest BCUT2D eigenvalue weighted by Gasteiger charge is 2.36. The number of rotatable bonds is 18. The quantitative estimate of drug-likeness (QED) is 0.130. The van der Waals surface area contributed by atoms with Gasteiger partial charge in [-0.25, -0.2) is 0 Å². The van der Waals surface area contributed by atoms with Crippen LogP contribution in [0, 0.1) is 0 Å². The van der Waals surface area contributed by atoms with Crippen molar-refractivity contribution in [2.75, 3.05) is 0 Å². The van der Waals surface area contributed by atoms with E-state index in [1.54, 1.807) is 0 Å². The Morgan fingerprint density at radius 1 is 0.537 bits per heavy atom. The topological polar surface area (TPSA) is 39.7 Å². The summed E-state index contributed by atoms with van der Waals surface area (Å²) in [5.74, 6) is 0. The molecular formula is C37H41NO3. The Morgan fingerprint density at radius 3 is 1.39 bits per heavy atom. The van der Waals surface area contributed by atoms with Crippen molar-refractivity contribution in [1.82, 2.24) is 5.32 Å². The monoisotopic (exact) mass is 547 g/mol. The van der Waals surface area contributed by atoms with Crippen molar-refractivity contribution in [1.29, 1.82) is 0 Å². The van der Waals surface area contributed by atoms with Crippen molar-refractivity contribution in [3.63, 3.8) is 0 Å². The molecule has 4 aromatic carbocycles. The van der Waals surface area contributed by atoms with Crippen LogP contribution in [0.1, 0.15) is 28.7 Å². The summed E-state index contributed by atoms with van der Waals surface area (Å²) in [5.41, 5.74) is 4.47. The SMILES string of the molecule is C=CCC(NCc1ccccc1)[C@H](OCc1ccccc1)[C@@H](OCc1ccccc1)[C@@H](C=C)OCc1ccccc1. The lowest BCUT2D eigenvalue weighted by Gasteiger charge is -2.37. The highest BCUT2D eigenvalue weighted by molar-refractivity contribution is 5.17. The molecule has 0 aliphatic rings. The van der Waals surface area contributed by atoms with Crippen LogP contribution >= 0.6 is 0 Å². The molecule has 0 saturated carbocycles. The minimum atomic E-state index is -0.437. The van der Waals surface area contributed by atoms with Crippen LogP contribution < -0.4 is 5.32 Å². The number of hydrogen-bond acceptors (Lipinski definition) is 4. The third-order valence-electron chi connectivity index (χ3n) is 6.96. The first-order chi connectivity index (χ1) is 20.3. The Kier molecular flexibility index (Phi) is 12.6. The molecule has 4 aromatic rings. The van der Waals surface area contributed by atoms with Gasteiger partial charge >= 0.3 is 0 Å². The predicted octanol–water partition coefficient (Wildman–Crippen LogP) is 7.66. The van der Waals surface area contributed by atoms with Gasteiger partial charge in [-0.15, -0.1) is 13.2 Å². The molecule has 0 radical (unpaired) electrons. The maximum Gasteiger partial charge on any atom is 0.115 e. The average molecular weight is 548 g/mol. The molecule has 0 saturated heterocycles. The average Bonchev–Trinajstić information content (AvgIpc) is 3.04. The van der Waals surface area contributed by atoms with Crippen LogP contribution in [-0.4, -0.2) is 24.4 Å². The first-order valence-electron chi connectivity index (χ1n) is 14.2. The Morgan fingerprint density at radius 2 is 0.951 bits per heavy atom. The highest BCUT2D eigenvalue weighted by atomic mass is 16.6. The number of nitrogens with one attached hydrogen (secondary N) is 1. The van der Waals surface area contributed by atoms with Gasteiger partial charge < -0.3 is 19.5 Å². The molecule has 0 fully saturated rings. The van der Waals surface area contributed by atoms with Crippen molar-refractivity contribution in [3.8, 4) is 0 Å². The van der Waals surface area contributed by atoms with E-state index in [-0.39, 0.29) is 12.1 Å². The third-order valence-corrected chi connectivity index (χ3v) is 6.96. The molecule has 0 aromatic heterocycles. The van der Waals surface area contributed by atoms with Gasteiger partial charge in [0.15, 0.2) is 0 Å². The van der Waals surface area contributed by atoms with Crippen LogP contribution in [-0.2, 0) is 40.6 Å². The van der Waals surface area contributed by atoms with E-state index in [9.17, 15) is 0 Å². The lowest BCUT2D eigenvalue weighted by Crippen LogP contribution is -2.52. The van der Waals surface area contributed by atoms with E-state index in [1.807, 2.05) is 72.8 Å². The van der Waals surface area contributed by atoms with Crippen LogP contribution in [0.25, 0.3) is 0 Å². The third kappa shape index (κ3) is 9.96. The summed E-state index contributed by atoms with van der Waals surface area (Å²) in [4.78, 5) is 0. The molecule has 0 heterocycles. The van der Waals surface area contributed by atoms with Gasteiger partial charge in [0.25, 0.3) is 0 Å². The van der Waals surface area contributed by atoms with Crippen molar-refractivity contribution in [2.24, 2.45) is 0 Å². The van der Waals surface area contributed by atoms with Crippen molar-refractivity contribution < 1.29 is 14.2 Å². The fraction of sp³-hybridized carbons (Fsp3) is 0.243. The molecule has 0 bridgehead atoms. The zero-order valence-corrected chi connectivity index (χ0v) is 23.7. The van der Waals surface area contributed by atoms with Crippen molar-refractivity contribution >= 4 is 0 Å². The second-order valence-electron chi connectivity index (χ2n) is 10.0. The van der Waals surface area contributed by atoms with Gasteiger partial charge in [0.1, 0.15) is 18.3 Å². The maximum absolute atomic E-state index is 6.75. The Labute approximate surface area is 245 Å². The first-order valence-corrected chi connectivity index (χ1v) is 14.2. The van der Waals surface area contributed by atoms with Crippen LogP contribution in [0.4, 0.5) is 0 Å². The van der Waals surface area contributed by atoms with Gasteiger partial charge in [-0.3, -0.25) is 0 Å². The Balaban J connectivity index is 1.63. The van der Waals surface area contributed by atoms with Gasteiger partial charge in [-0.2, -0.15) is 0 Å². The highest BCUT2D eigenvalue weighted by Crippen LogP contribution is 2.23. The molecule has 1 unspecified atom stereocenters. The summed E-state index contributed by atoms with van der Waals surface area (Å²) in [6.45, 7) is 10.2. The number of hydrogen-bond donors (Lipinski definition) is 1. The molecule has 0 amide bonds. The van der Waals surface area contributed by atoms with Gasteiger partial charge in [-0.05, 0) is 28.7 Å². The van der Waals surface area contributed by atoms with E-state index in [4.69, 9.17) is 14.2 Å². The fourth-order valence-electron chi connectivity index (χ4n) is 4.77.